The molecular formula is C15H20ClNOS. The van der Waals surface area contributed by atoms with Crippen LogP contribution in [-0.2, 0) is 4.74 Å². The molecule has 2 fully saturated rings. The van der Waals surface area contributed by atoms with Gasteiger partial charge in [0.05, 0.1) is 13.2 Å². The van der Waals surface area contributed by atoms with Gasteiger partial charge in [0.2, 0.25) is 0 Å². The molecule has 0 amide bonds. The number of thioether (sulfide) groups is 1. The van der Waals surface area contributed by atoms with Gasteiger partial charge in [-0.15, -0.1) is 23.4 Å². The molecule has 4 heteroatoms. The van der Waals surface area contributed by atoms with Crippen LogP contribution in [0.5, 0.6) is 0 Å². The Morgan fingerprint density at radius 1 is 1.26 bits per heavy atom. The number of benzene rings is 1. The van der Waals surface area contributed by atoms with Gasteiger partial charge in [0, 0.05) is 11.4 Å². The Hall–Kier alpha value is -0.380. The Morgan fingerprint density at radius 2 is 1.89 bits per heavy atom. The van der Waals surface area contributed by atoms with Crippen molar-refractivity contribution in [2.45, 2.75) is 37.6 Å². The lowest BCUT2D eigenvalue weighted by atomic mass is 9.93. The first-order valence-electron chi connectivity index (χ1n) is 6.70. The van der Waals surface area contributed by atoms with Gasteiger partial charge >= 0.3 is 0 Å². The predicted molar refractivity (Wildman–Crippen MR) is 83.4 cm³/mol. The first-order chi connectivity index (χ1) is 8.87. The zero-order valence-electron chi connectivity index (χ0n) is 11.9. The zero-order chi connectivity index (χ0) is 13.8. The van der Waals surface area contributed by atoms with Gasteiger partial charge in [-0.05, 0) is 38.8 Å². The minimum Gasteiger partial charge on any atom is -0.352 e. The molecule has 1 aromatic carbocycles. The van der Waals surface area contributed by atoms with E-state index in [0.29, 0.717) is 0 Å². The molecule has 0 bridgehead atoms. The number of hydrogen-bond donors (Lipinski definition) is 0. The molecule has 0 aromatic heterocycles. The number of nitrogens with zero attached hydrogens (tertiary/aromatic N) is 1. The van der Waals surface area contributed by atoms with E-state index in [-0.39, 0.29) is 9.93 Å². The summed E-state index contributed by atoms with van der Waals surface area (Å²) in [5, 5.41) is 0. The monoisotopic (exact) mass is 297 g/mol. The van der Waals surface area contributed by atoms with Gasteiger partial charge in [0.25, 0.3) is 0 Å². The number of alkyl halides is 1. The first kappa shape index (κ1) is 13.6. The predicted octanol–water partition coefficient (Wildman–Crippen LogP) is 3.85. The van der Waals surface area contributed by atoms with Gasteiger partial charge in [0.1, 0.15) is 0 Å². The second-order valence-electron chi connectivity index (χ2n) is 5.74. The number of fused-ring (bicyclic) bond motifs is 1. The van der Waals surface area contributed by atoms with Crippen LogP contribution in [0.25, 0.3) is 0 Å². The molecule has 0 unspecified atom stereocenters. The second-order valence-corrected chi connectivity index (χ2v) is 8.00. The quantitative estimate of drug-likeness (QED) is 0.731. The summed E-state index contributed by atoms with van der Waals surface area (Å²) < 4.78 is 5.75. The number of aryl methyl sites for hydroxylation is 3. The van der Waals surface area contributed by atoms with Crippen LogP contribution in [0.4, 0.5) is 5.69 Å². The summed E-state index contributed by atoms with van der Waals surface area (Å²) in [5.74, 6) is 0.985. The highest BCUT2D eigenvalue weighted by Crippen LogP contribution is 2.57. The number of ether oxygens (including phenoxy) is 1. The third kappa shape index (κ3) is 1.82. The molecule has 2 atom stereocenters. The van der Waals surface area contributed by atoms with Gasteiger partial charge in [-0.3, -0.25) is 0 Å². The van der Waals surface area contributed by atoms with E-state index < -0.39 is 0 Å². The Kier molecular flexibility index (Phi) is 3.08. The summed E-state index contributed by atoms with van der Waals surface area (Å²) >= 11 is 8.55. The lowest BCUT2D eigenvalue weighted by Gasteiger charge is -2.64. The molecule has 0 radical (unpaired) electrons. The Bertz CT molecular complexity index is 512. The third-order valence-electron chi connectivity index (χ3n) is 4.27. The van der Waals surface area contributed by atoms with Crippen LogP contribution in [-0.4, -0.2) is 28.8 Å². The van der Waals surface area contributed by atoms with E-state index in [4.69, 9.17) is 16.3 Å². The first-order valence-corrected chi connectivity index (χ1v) is 8.06. The molecular weight excluding hydrogens is 278 g/mol. The normalized spacial score (nSPS) is 33.8. The maximum Gasteiger partial charge on any atom is 0.168 e. The average molecular weight is 298 g/mol. The molecule has 2 aliphatic heterocycles. The van der Waals surface area contributed by atoms with E-state index in [1.165, 1.54) is 22.4 Å². The van der Waals surface area contributed by atoms with Crippen molar-refractivity contribution in [2.24, 2.45) is 0 Å². The van der Waals surface area contributed by atoms with Crippen LogP contribution in [0.2, 0.25) is 0 Å². The topological polar surface area (TPSA) is 12.5 Å². The number of rotatable bonds is 1. The molecule has 104 valence electrons. The lowest BCUT2D eigenvalue weighted by Crippen LogP contribution is -2.77. The van der Waals surface area contributed by atoms with E-state index in [1.807, 2.05) is 11.8 Å². The van der Waals surface area contributed by atoms with E-state index in [9.17, 15) is 0 Å². The summed E-state index contributed by atoms with van der Waals surface area (Å²) in [5.41, 5.74) is 4.81. The Morgan fingerprint density at radius 3 is 2.47 bits per heavy atom. The maximum atomic E-state index is 6.73. The van der Waals surface area contributed by atoms with E-state index in [1.54, 1.807) is 0 Å². The van der Waals surface area contributed by atoms with Gasteiger partial charge in [-0.2, -0.15) is 0 Å². The molecule has 2 nitrogen and oxygen atoms in total. The van der Waals surface area contributed by atoms with Crippen molar-refractivity contribution < 1.29 is 4.74 Å². The largest absolute Gasteiger partial charge is 0.352 e. The standard InChI is InChI=1S/C15H20ClNOS/c1-10-7-11(2)13(12(3)8-10)17-9-15(16)14(17,4)18-5-6-19-15/h7-8H,5-6,9H2,1-4H3/t14-,15-/m1/s1. The fourth-order valence-corrected chi connectivity index (χ4v) is 4.97. The zero-order valence-corrected chi connectivity index (χ0v) is 13.5. The van der Waals surface area contributed by atoms with Crippen LogP contribution in [0, 0.1) is 20.8 Å². The van der Waals surface area contributed by atoms with Crippen molar-refractivity contribution >= 4 is 29.1 Å². The molecule has 3 rings (SSSR count). The molecule has 0 aliphatic carbocycles. The third-order valence-corrected chi connectivity index (χ3v) is 6.41. The summed E-state index contributed by atoms with van der Waals surface area (Å²) in [6.07, 6.45) is 0. The number of hydrogen-bond acceptors (Lipinski definition) is 3. The Balaban J connectivity index is 2.01. The summed E-state index contributed by atoms with van der Waals surface area (Å²) in [6, 6.07) is 4.46. The molecule has 0 saturated carbocycles. The van der Waals surface area contributed by atoms with Crippen LogP contribution in [0.1, 0.15) is 23.6 Å². The highest BCUT2D eigenvalue weighted by atomic mass is 35.5. The lowest BCUT2D eigenvalue weighted by molar-refractivity contribution is -0.0783. The van der Waals surface area contributed by atoms with E-state index >= 15 is 0 Å². The molecule has 0 spiro atoms. The molecule has 2 aliphatic rings. The number of anilines is 1. The van der Waals surface area contributed by atoms with Gasteiger partial charge in [-0.1, -0.05) is 17.7 Å². The van der Waals surface area contributed by atoms with E-state index in [2.05, 4.69) is 44.7 Å². The molecule has 1 aromatic rings. The van der Waals surface area contributed by atoms with Crippen molar-refractivity contribution in [3.63, 3.8) is 0 Å². The molecule has 2 heterocycles. The van der Waals surface area contributed by atoms with Crippen molar-refractivity contribution in [1.29, 1.82) is 0 Å². The SMILES string of the molecule is Cc1cc(C)c(N2C[C@@]3(Cl)SCCO[C@@]23C)c(C)c1. The average Bonchev–Trinajstić information content (AvgIpc) is 2.30. The molecule has 2 saturated heterocycles. The minimum absolute atomic E-state index is 0.297. The fourth-order valence-electron chi connectivity index (χ4n) is 3.31. The van der Waals surface area contributed by atoms with Crippen LogP contribution < -0.4 is 4.90 Å². The highest BCUT2D eigenvalue weighted by molar-refractivity contribution is 8.02. The number of halogens is 1. The highest BCUT2D eigenvalue weighted by Gasteiger charge is 2.64. The van der Waals surface area contributed by atoms with Crippen LogP contribution in [0.15, 0.2) is 12.1 Å². The van der Waals surface area contributed by atoms with Crippen molar-refractivity contribution in [3.8, 4) is 0 Å². The smallest absolute Gasteiger partial charge is 0.168 e. The summed E-state index contributed by atoms with van der Waals surface area (Å²) in [4.78, 5) is 2.33. The van der Waals surface area contributed by atoms with Crippen molar-refractivity contribution in [1.82, 2.24) is 0 Å². The summed E-state index contributed by atoms with van der Waals surface area (Å²) in [7, 11) is 0. The van der Waals surface area contributed by atoms with Gasteiger partial charge in [-0.25, -0.2) is 0 Å². The van der Waals surface area contributed by atoms with E-state index in [0.717, 1.165) is 18.9 Å². The summed E-state index contributed by atoms with van der Waals surface area (Å²) in [6.45, 7) is 10.2. The van der Waals surface area contributed by atoms with Crippen LogP contribution >= 0.6 is 23.4 Å². The maximum absolute atomic E-state index is 6.73. The minimum atomic E-state index is -0.387. The fraction of sp³-hybridized carbons (Fsp3) is 0.600. The van der Waals surface area contributed by atoms with Crippen molar-refractivity contribution in [2.75, 3.05) is 23.8 Å². The van der Waals surface area contributed by atoms with Gasteiger partial charge < -0.3 is 9.64 Å². The Labute approximate surface area is 124 Å². The molecule has 19 heavy (non-hydrogen) atoms. The van der Waals surface area contributed by atoms with Crippen molar-refractivity contribution in [3.05, 3.63) is 28.8 Å². The molecule has 0 N–H and O–H groups in total. The van der Waals surface area contributed by atoms with Gasteiger partial charge in [0.15, 0.2) is 9.93 Å². The van der Waals surface area contributed by atoms with Crippen LogP contribution in [0.3, 0.4) is 0 Å². The second kappa shape index (κ2) is 4.31.